The second-order valence-corrected chi connectivity index (χ2v) is 6.35. The fourth-order valence-electron chi connectivity index (χ4n) is 2.72. The van der Waals surface area contributed by atoms with Gasteiger partial charge in [0.2, 0.25) is 6.10 Å². The summed E-state index contributed by atoms with van der Waals surface area (Å²) < 4.78 is 6.02. The highest BCUT2D eigenvalue weighted by molar-refractivity contribution is 5.82. The van der Waals surface area contributed by atoms with Crippen molar-refractivity contribution in [2.24, 2.45) is 0 Å². The molecule has 4 heteroatoms. The van der Waals surface area contributed by atoms with Crippen LogP contribution >= 0.6 is 0 Å². The molecule has 0 N–H and O–H groups in total. The average molecular weight is 356 g/mol. The van der Waals surface area contributed by atoms with Crippen LogP contribution in [0.15, 0.2) is 78.9 Å². The number of carbonyl (C=O) groups is 1. The van der Waals surface area contributed by atoms with Gasteiger partial charge in [-0.1, -0.05) is 54.6 Å². The lowest BCUT2D eigenvalue weighted by Gasteiger charge is -2.22. The molecule has 0 bridgehead atoms. The van der Waals surface area contributed by atoms with E-state index in [9.17, 15) is 4.79 Å². The molecule has 134 valence electrons. The summed E-state index contributed by atoms with van der Waals surface area (Å²) in [7, 11) is 3.44. The summed E-state index contributed by atoms with van der Waals surface area (Å²) in [5.74, 6) is 0.508. The Morgan fingerprint density at radius 2 is 1.44 bits per heavy atom. The molecular weight excluding hydrogens is 336 g/mol. The summed E-state index contributed by atoms with van der Waals surface area (Å²) in [5, 5.41) is 8.90. The van der Waals surface area contributed by atoms with E-state index >= 15 is 0 Å². The minimum absolute atomic E-state index is 0.114. The number of benzene rings is 3. The molecule has 0 unspecified atom stereocenters. The third kappa shape index (κ3) is 4.34. The number of ether oxygens (including phenoxy) is 1. The zero-order chi connectivity index (χ0) is 19.2. The van der Waals surface area contributed by atoms with Gasteiger partial charge in [-0.15, -0.1) is 0 Å². The Balaban J connectivity index is 1.82. The quantitative estimate of drug-likeness (QED) is 0.679. The van der Waals surface area contributed by atoms with Crippen LogP contribution in [0.25, 0.3) is 11.1 Å². The first-order valence-electron chi connectivity index (χ1n) is 8.62. The van der Waals surface area contributed by atoms with Crippen LogP contribution in [0.2, 0.25) is 0 Å². The molecule has 0 heterocycles. The van der Waals surface area contributed by atoms with Gasteiger partial charge >= 0.3 is 0 Å². The third-order valence-corrected chi connectivity index (χ3v) is 4.22. The largest absolute Gasteiger partial charge is 0.476 e. The van der Waals surface area contributed by atoms with Gasteiger partial charge in [0.15, 0.2) is 0 Å². The first-order chi connectivity index (χ1) is 13.1. The molecular formula is C23H20N2O2. The molecule has 0 aromatic heterocycles. The van der Waals surface area contributed by atoms with Crippen molar-refractivity contribution in [2.75, 3.05) is 14.1 Å². The van der Waals surface area contributed by atoms with E-state index in [2.05, 4.69) is 6.07 Å². The highest BCUT2D eigenvalue weighted by Gasteiger charge is 2.24. The molecule has 27 heavy (non-hydrogen) atoms. The molecule has 3 aromatic carbocycles. The molecule has 0 spiro atoms. The van der Waals surface area contributed by atoms with E-state index in [1.165, 1.54) is 4.90 Å². The summed E-state index contributed by atoms with van der Waals surface area (Å²) in [6.07, 6.45) is -0.693. The molecule has 0 saturated heterocycles. The molecule has 0 aliphatic heterocycles. The van der Waals surface area contributed by atoms with Gasteiger partial charge in [0.1, 0.15) is 5.75 Å². The lowest BCUT2D eigenvalue weighted by atomic mass is 10.0. The zero-order valence-electron chi connectivity index (χ0n) is 15.3. The molecule has 1 atom stereocenters. The molecule has 0 aliphatic rings. The number of nitrogens with zero attached hydrogens (tertiary/aromatic N) is 2. The van der Waals surface area contributed by atoms with E-state index in [1.54, 1.807) is 26.2 Å². The van der Waals surface area contributed by atoms with Crippen molar-refractivity contribution < 1.29 is 9.53 Å². The number of hydrogen-bond donors (Lipinski definition) is 0. The Morgan fingerprint density at radius 1 is 0.889 bits per heavy atom. The van der Waals surface area contributed by atoms with Crippen molar-refractivity contribution in [2.45, 2.75) is 6.10 Å². The fraction of sp³-hybridized carbons (Fsp3) is 0.130. The summed E-state index contributed by atoms with van der Waals surface area (Å²) >= 11 is 0. The van der Waals surface area contributed by atoms with E-state index in [0.29, 0.717) is 11.3 Å². The number of amides is 1. The number of likely N-dealkylation sites (N-methyl/N-ethyl adjacent to an activating group) is 1. The number of nitriles is 1. The lowest BCUT2D eigenvalue weighted by molar-refractivity contribution is -0.136. The van der Waals surface area contributed by atoms with Crippen LogP contribution in [-0.2, 0) is 4.79 Å². The van der Waals surface area contributed by atoms with Gasteiger partial charge in [-0.05, 0) is 35.4 Å². The van der Waals surface area contributed by atoms with Gasteiger partial charge in [-0.2, -0.15) is 5.26 Å². The van der Waals surface area contributed by atoms with Crippen LogP contribution in [0.4, 0.5) is 0 Å². The van der Waals surface area contributed by atoms with Gasteiger partial charge in [0, 0.05) is 19.7 Å². The molecule has 0 fully saturated rings. The lowest BCUT2D eigenvalue weighted by Crippen LogP contribution is -2.31. The zero-order valence-corrected chi connectivity index (χ0v) is 15.3. The second-order valence-electron chi connectivity index (χ2n) is 6.35. The SMILES string of the molecule is CN(C)C(=O)[C@@H](Oc1ccc(-c2ccc(C#N)cc2)cc1)c1ccccc1. The topological polar surface area (TPSA) is 53.3 Å². The number of hydrogen-bond acceptors (Lipinski definition) is 3. The first kappa shape index (κ1) is 18.2. The molecule has 4 nitrogen and oxygen atoms in total. The van der Waals surface area contributed by atoms with Crippen LogP contribution < -0.4 is 4.74 Å². The Labute approximate surface area is 159 Å². The maximum atomic E-state index is 12.6. The van der Waals surface area contributed by atoms with Crippen molar-refractivity contribution in [1.29, 1.82) is 5.26 Å². The second kappa shape index (κ2) is 8.20. The summed E-state index contributed by atoms with van der Waals surface area (Å²) in [6.45, 7) is 0. The predicted octanol–water partition coefficient (Wildman–Crippen LogP) is 4.43. The Morgan fingerprint density at radius 3 is 1.96 bits per heavy atom. The van der Waals surface area contributed by atoms with Gasteiger partial charge in [-0.3, -0.25) is 4.79 Å². The van der Waals surface area contributed by atoms with Gasteiger partial charge in [-0.25, -0.2) is 0 Å². The minimum Gasteiger partial charge on any atom is -0.476 e. The Hall–Kier alpha value is -3.58. The van der Waals surface area contributed by atoms with Crippen molar-refractivity contribution in [3.63, 3.8) is 0 Å². The van der Waals surface area contributed by atoms with E-state index in [-0.39, 0.29) is 5.91 Å². The molecule has 3 rings (SSSR count). The van der Waals surface area contributed by atoms with Gasteiger partial charge in [0.25, 0.3) is 5.91 Å². The van der Waals surface area contributed by atoms with E-state index in [4.69, 9.17) is 10.00 Å². The Bertz CT molecular complexity index is 940. The molecule has 0 radical (unpaired) electrons. The summed E-state index contributed by atoms with van der Waals surface area (Å²) in [5.41, 5.74) is 3.48. The van der Waals surface area contributed by atoms with Crippen molar-refractivity contribution in [3.05, 3.63) is 90.0 Å². The van der Waals surface area contributed by atoms with Crippen LogP contribution in [0.1, 0.15) is 17.2 Å². The van der Waals surface area contributed by atoms with Gasteiger partial charge < -0.3 is 9.64 Å². The summed E-state index contributed by atoms with van der Waals surface area (Å²) in [4.78, 5) is 14.1. The van der Waals surface area contributed by atoms with Crippen LogP contribution in [0.3, 0.4) is 0 Å². The fourth-order valence-corrected chi connectivity index (χ4v) is 2.72. The molecule has 0 aliphatic carbocycles. The monoisotopic (exact) mass is 356 g/mol. The highest BCUT2D eigenvalue weighted by atomic mass is 16.5. The molecule has 0 saturated carbocycles. The van der Waals surface area contributed by atoms with Crippen molar-refractivity contribution >= 4 is 5.91 Å². The minimum atomic E-state index is -0.693. The Kier molecular flexibility index (Phi) is 5.53. The third-order valence-electron chi connectivity index (χ3n) is 4.22. The number of carbonyl (C=O) groups excluding carboxylic acids is 1. The highest BCUT2D eigenvalue weighted by Crippen LogP contribution is 2.27. The van der Waals surface area contributed by atoms with Crippen LogP contribution in [0.5, 0.6) is 5.75 Å². The smallest absolute Gasteiger partial charge is 0.267 e. The van der Waals surface area contributed by atoms with E-state index in [1.807, 2.05) is 66.7 Å². The molecule has 3 aromatic rings. The number of rotatable bonds is 5. The standard InChI is InChI=1S/C23H20N2O2/c1-25(2)23(26)22(20-6-4-3-5-7-20)27-21-14-12-19(13-15-21)18-10-8-17(16-24)9-11-18/h3-15,22H,1-2H3/t22-/m0/s1. The average Bonchev–Trinajstić information content (AvgIpc) is 2.72. The van der Waals surface area contributed by atoms with Crippen LogP contribution in [-0.4, -0.2) is 24.9 Å². The van der Waals surface area contributed by atoms with Crippen LogP contribution in [0, 0.1) is 11.3 Å². The van der Waals surface area contributed by atoms with Crippen molar-refractivity contribution in [3.8, 4) is 22.9 Å². The maximum absolute atomic E-state index is 12.6. The molecule has 1 amide bonds. The maximum Gasteiger partial charge on any atom is 0.267 e. The van der Waals surface area contributed by atoms with Crippen molar-refractivity contribution in [1.82, 2.24) is 4.90 Å². The predicted molar refractivity (Wildman–Crippen MR) is 105 cm³/mol. The van der Waals surface area contributed by atoms with E-state index < -0.39 is 6.10 Å². The van der Waals surface area contributed by atoms with Gasteiger partial charge in [0.05, 0.1) is 11.6 Å². The normalized spacial score (nSPS) is 11.3. The summed E-state index contributed by atoms with van der Waals surface area (Å²) in [6, 6.07) is 26.6. The van der Waals surface area contributed by atoms with E-state index in [0.717, 1.165) is 16.7 Å². The first-order valence-corrected chi connectivity index (χ1v) is 8.62.